The van der Waals surface area contributed by atoms with Gasteiger partial charge in [-0.25, -0.2) is 13.1 Å². The molecule has 5 heteroatoms. The first-order valence-corrected chi connectivity index (χ1v) is 11.1. The lowest BCUT2D eigenvalue weighted by molar-refractivity contribution is 0.568. The standard InChI is InChI=1S/C22H32N2O2S/c1-17(2)24-27(25,26)16-20-9-7-6-8-19(20)15-23-14-18-10-12-21(13-11-18)22(3,4)5/h6-13,17,23-24H,14-16H2,1-5H3. The van der Waals surface area contributed by atoms with E-state index in [-0.39, 0.29) is 17.2 Å². The van der Waals surface area contributed by atoms with Gasteiger partial charge in [-0.05, 0) is 41.5 Å². The number of rotatable bonds is 8. The fraction of sp³-hybridized carbons (Fsp3) is 0.455. The van der Waals surface area contributed by atoms with Crippen LogP contribution < -0.4 is 10.0 Å². The summed E-state index contributed by atoms with van der Waals surface area (Å²) in [6.07, 6.45) is 0. The Morgan fingerprint density at radius 3 is 2.04 bits per heavy atom. The highest BCUT2D eigenvalue weighted by molar-refractivity contribution is 7.88. The largest absolute Gasteiger partial charge is 0.309 e. The summed E-state index contributed by atoms with van der Waals surface area (Å²) < 4.78 is 27.1. The highest BCUT2D eigenvalue weighted by Gasteiger charge is 2.15. The van der Waals surface area contributed by atoms with Crippen molar-refractivity contribution in [3.8, 4) is 0 Å². The van der Waals surface area contributed by atoms with Gasteiger partial charge in [0, 0.05) is 19.1 Å². The van der Waals surface area contributed by atoms with Gasteiger partial charge in [0.15, 0.2) is 0 Å². The Labute approximate surface area is 164 Å². The molecule has 0 amide bonds. The maximum Gasteiger partial charge on any atom is 0.216 e. The van der Waals surface area contributed by atoms with E-state index in [1.54, 1.807) is 0 Å². The fourth-order valence-electron chi connectivity index (χ4n) is 2.94. The van der Waals surface area contributed by atoms with Crippen LogP contribution in [0.2, 0.25) is 0 Å². The zero-order chi connectivity index (χ0) is 20.1. The second kappa shape index (κ2) is 9.00. The molecular weight excluding hydrogens is 356 g/mol. The summed E-state index contributed by atoms with van der Waals surface area (Å²) in [6, 6.07) is 16.2. The Morgan fingerprint density at radius 1 is 0.889 bits per heavy atom. The summed E-state index contributed by atoms with van der Waals surface area (Å²) in [5, 5.41) is 3.43. The molecule has 0 spiro atoms. The van der Waals surface area contributed by atoms with Crippen LogP contribution in [0.1, 0.15) is 56.9 Å². The normalized spacial score (nSPS) is 12.5. The number of nitrogens with one attached hydrogen (secondary N) is 2. The van der Waals surface area contributed by atoms with Crippen molar-refractivity contribution in [1.82, 2.24) is 10.0 Å². The SMILES string of the molecule is CC(C)NS(=O)(=O)Cc1ccccc1CNCc1ccc(C(C)(C)C)cc1. The molecule has 2 aromatic rings. The maximum absolute atomic E-state index is 12.2. The molecule has 0 aliphatic heterocycles. The minimum atomic E-state index is -3.33. The third kappa shape index (κ3) is 7.09. The molecule has 0 saturated carbocycles. The van der Waals surface area contributed by atoms with Gasteiger partial charge in [-0.15, -0.1) is 0 Å². The molecule has 0 aromatic heterocycles. The molecule has 0 atom stereocenters. The van der Waals surface area contributed by atoms with Crippen molar-refractivity contribution in [3.05, 3.63) is 70.8 Å². The van der Waals surface area contributed by atoms with E-state index in [9.17, 15) is 8.42 Å². The Balaban J connectivity index is 1.98. The van der Waals surface area contributed by atoms with Gasteiger partial charge in [0.05, 0.1) is 5.75 Å². The van der Waals surface area contributed by atoms with E-state index in [1.807, 2.05) is 38.1 Å². The molecule has 0 aliphatic carbocycles. The Bertz CT molecular complexity index is 835. The van der Waals surface area contributed by atoms with Gasteiger partial charge in [0.1, 0.15) is 0 Å². The van der Waals surface area contributed by atoms with Crippen molar-refractivity contribution in [2.24, 2.45) is 0 Å². The van der Waals surface area contributed by atoms with Gasteiger partial charge in [0.2, 0.25) is 10.0 Å². The average Bonchev–Trinajstić information content (AvgIpc) is 2.54. The van der Waals surface area contributed by atoms with Gasteiger partial charge in [0.25, 0.3) is 0 Å². The molecule has 0 radical (unpaired) electrons. The summed E-state index contributed by atoms with van der Waals surface area (Å²) in [6.45, 7) is 11.7. The minimum absolute atomic E-state index is 0.00329. The van der Waals surface area contributed by atoms with Gasteiger partial charge < -0.3 is 5.32 Å². The zero-order valence-corrected chi connectivity index (χ0v) is 17.9. The quantitative estimate of drug-likeness (QED) is 0.716. The van der Waals surface area contributed by atoms with Crippen LogP contribution in [0.15, 0.2) is 48.5 Å². The first kappa shape index (κ1) is 21.6. The molecule has 148 valence electrons. The first-order valence-electron chi connectivity index (χ1n) is 9.44. The molecule has 0 fully saturated rings. The van der Waals surface area contributed by atoms with Gasteiger partial charge >= 0.3 is 0 Å². The molecule has 27 heavy (non-hydrogen) atoms. The summed E-state index contributed by atoms with van der Waals surface area (Å²) in [5.41, 5.74) is 4.54. The molecule has 2 aromatic carbocycles. The number of sulfonamides is 1. The van der Waals surface area contributed by atoms with Crippen molar-refractivity contribution in [1.29, 1.82) is 0 Å². The maximum atomic E-state index is 12.2. The van der Waals surface area contributed by atoms with E-state index >= 15 is 0 Å². The zero-order valence-electron chi connectivity index (χ0n) is 17.0. The lowest BCUT2D eigenvalue weighted by Crippen LogP contribution is -2.31. The monoisotopic (exact) mass is 388 g/mol. The van der Waals surface area contributed by atoms with E-state index in [2.05, 4.69) is 55.1 Å². The van der Waals surface area contributed by atoms with Gasteiger partial charge in [-0.1, -0.05) is 69.3 Å². The van der Waals surface area contributed by atoms with Crippen LogP contribution in [0.5, 0.6) is 0 Å². The van der Waals surface area contributed by atoms with Gasteiger partial charge in [-0.3, -0.25) is 0 Å². The van der Waals surface area contributed by atoms with Crippen molar-refractivity contribution in [3.63, 3.8) is 0 Å². The molecule has 0 saturated heterocycles. The van der Waals surface area contributed by atoms with Gasteiger partial charge in [-0.2, -0.15) is 0 Å². The van der Waals surface area contributed by atoms with Crippen molar-refractivity contribution in [2.45, 2.75) is 64.9 Å². The summed E-state index contributed by atoms with van der Waals surface area (Å²) >= 11 is 0. The summed E-state index contributed by atoms with van der Waals surface area (Å²) in [5.74, 6) is 0.00329. The number of hydrogen-bond acceptors (Lipinski definition) is 3. The van der Waals surface area contributed by atoms with Crippen LogP contribution in [-0.2, 0) is 34.3 Å². The van der Waals surface area contributed by atoms with Crippen LogP contribution in [0.3, 0.4) is 0 Å². The van der Waals surface area contributed by atoms with E-state index < -0.39 is 10.0 Å². The summed E-state index contributed by atoms with van der Waals surface area (Å²) in [4.78, 5) is 0. The predicted octanol–water partition coefficient (Wildman–Crippen LogP) is 4.10. The molecular formula is C22H32N2O2S. The lowest BCUT2D eigenvalue weighted by Gasteiger charge is -2.19. The van der Waals surface area contributed by atoms with Crippen LogP contribution in [0.4, 0.5) is 0 Å². The molecule has 0 bridgehead atoms. The van der Waals surface area contributed by atoms with Crippen LogP contribution in [-0.4, -0.2) is 14.5 Å². The summed E-state index contributed by atoms with van der Waals surface area (Å²) in [7, 11) is -3.33. The average molecular weight is 389 g/mol. The smallest absolute Gasteiger partial charge is 0.216 e. The third-order valence-corrected chi connectivity index (χ3v) is 5.87. The second-order valence-electron chi connectivity index (χ2n) is 8.35. The Hall–Kier alpha value is -1.69. The van der Waals surface area contributed by atoms with Crippen molar-refractivity contribution < 1.29 is 8.42 Å². The molecule has 0 unspecified atom stereocenters. The predicted molar refractivity (Wildman–Crippen MR) is 113 cm³/mol. The number of hydrogen-bond donors (Lipinski definition) is 2. The lowest BCUT2D eigenvalue weighted by atomic mass is 9.87. The van der Waals surface area contributed by atoms with Crippen molar-refractivity contribution >= 4 is 10.0 Å². The topological polar surface area (TPSA) is 58.2 Å². The van der Waals surface area contributed by atoms with E-state index in [4.69, 9.17) is 0 Å². The van der Waals surface area contributed by atoms with E-state index in [0.717, 1.165) is 17.7 Å². The minimum Gasteiger partial charge on any atom is -0.309 e. The fourth-order valence-corrected chi connectivity index (χ4v) is 4.43. The number of benzene rings is 2. The van der Waals surface area contributed by atoms with E-state index in [1.165, 1.54) is 11.1 Å². The highest BCUT2D eigenvalue weighted by Crippen LogP contribution is 2.22. The first-order chi connectivity index (χ1) is 12.6. The molecule has 2 rings (SSSR count). The third-order valence-electron chi connectivity index (χ3n) is 4.34. The van der Waals surface area contributed by atoms with E-state index in [0.29, 0.717) is 6.54 Å². The van der Waals surface area contributed by atoms with Crippen LogP contribution in [0, 0.1) is 0 Å². The molecule has 0 aliphatic rings. The van der Waals surface area contributed by atoms with Crippen LogP contribution in [0.25, 0.3) is 0 Å². The molecule has 2 N–H and O–H groups in total. The molecule has 4 nitrogen and oxygen atoms in total. The Morgan fingerprint density at radius 2 is 1.48 bits per heavy atom. The highest BCUT2D eigenvalue weighted by atomic mass is 32.2. The van der Waals surface area contributed by atoms with Crippen molar-refractivity contribution in [2.75, 3.05) is 0 Å². The van der Waals surface area contributed by atoms with Crippen LogP contribution >= 0.6 is 0 Å². The molecule has 0 heterocycles. The Kier molecular flexibility index (Phi) is 7.20. The second-order valence-corrected chi connectivity index (χ2v) is 10.1.